The quantitative estimate of drug-likeness (QED) is 0.606. The lowest BCUT2D eigenvalue weighted by Gasteiger charge is -2.07. The molecule has 1 aromatic rings. The van der Waals surface area contributed by atoms with Crippen molar-refractivity contribution in [3.8, 4) is 5.75 Å². The van der Waals surface area contributed by atoms with Crippen LogP contribution in [0.1, 0.15) is 34.0 Å². The van der Waals surface area contributed by atoms with E-state index >= 15 is 0 Å². The van der Waals surface area contributed by atoms with Crippen LogP contribution in [0.3, 0.4) is 0 Å². The Morgan fingerprint density at radius 3 is 2.63 bits per heavy atom. The lowest BCUT2D eigenvalue weighted by Crippen LogP contribution is -2.06. The van der Waals surface area contributed by atoms with Crippen LogP contribution in [-0.2, 0) is 9.53 Å². The van der Waals surface area contributed by atoms with E-state index in [1.54, 1.807) is 6.92 Å². The van der Waals surface area contributed by atoms with Crippen molar-refractivity contribution in [3.63, 3.8) is 0 Å². The molecule has 0 N–H and O–H groups in total. The molecule has 2 rings (SSSR count). The number of allylic oxidation sites excluding steroid dienone is 1. The zero-order valence-electron chi connectivity index (χ0n) is 11.5. The maximum atomic E-state index is 12.2. The third kappa shape index (κ3) is 2.26. The second kappa shape index (κ2) is 4.88. The monoisotopic (exact) mass is 260 g/mol. The highest BCUT2D eigenvalue weighted by molar-refractivity contribution is 6.15. The molecule has 4 heteroatoms. The minimum absolute atomic E-state index is 0.0326. The Kier molecular flexibility index (Phi) is 3.42. The second-order valence-corrected chi connectivity index (χ2v) is 4.53. The van der Waals surface area contributed by atoms with Gasteiger partial charge < -0.3 is 9.47 Å². The molecular weight excluding hydrogens is 244 g/mol. The van der Waals surface area contributed by atoms with Crippen molar-refractivity contribution in [1.29, 1.82) is 0 Å². The highest BCUT2D eigenvalue weighted by Crippen LogP contribution is 2.37. The molecule has 1 aliphatic rings. The first-order valence-corrected chi connectivity index (χ1v) is 6.17. The van der Waals surface area contributed by atoms with Crippen molar-refractivity contribution in [2.45, 2.75) is 27.7 Å². The van der Waals surface area contributed by atoms with Gasteiger partial charge in [-0.2, -0.15) is 0 Å². The van der Waals surface area contributed by atoms with E-state index in [0.717, 1.165) is 22.8 Å². The largest absolute Gasteiger partial charge is 0.463 e. The first-order valence-electron chi connectivity index (χ1n) is 6.17. The summed E-state index contributed by atoms with van der Waals surface area (Å²) in [6, 6.07) is 1.95. The molecule has 0 saturated heterocycles. The summed E-state index contributed by atoms with van der Waals surface area (Å²) < 4.78 is 10.3. The number of hydrogen-bond donors (Lipinski definition) is 0. The number of carbonyl (C=O) groups excluding carboxylic acids is 2. The van der Waals surface area contributed by atoms with Gasteiger partial charge in [0.2, 0.25) is 5.78 Å². The Labute approximate surface area is 112 Å². The molecule has 0 saturated carbocycles. The molecule has 1 aromatic carbocycles. The van der Waals surface area contributed by atoms with Crippen LogP contribution < -0.4 is 4.74 Å². The fourth-order valence-corrected chi connectivity index (χ4v) is 2.13. The van der Waals surface area contributed by atoms with E-state index in [9.17, 15) is 9.59 Å². The average molecular weight is 260 g/mol. The number of aryl methyl sites for hydroxylation is 2. The lowest BCUT2D eigenvalue weighted by atomic mass is 9.97. The van der Waals surface area contributed by atoms with Gasteiger partial charge in [-0.15, -0.1) is 0 Å². The minimum Gasteiger partial charge on any atom is -0.463 e. The van der Waals surface area contributed by atoms with Crippen LogP contribution in [-0.4, -0.2) is 18.4 Å². The van der Waals surface area contributed by atoms with E-state index < -0.39 is 5.97 Å². The Hall–Kier alpha value is -2.10. The number of Topliss-reactive ketones (excluding diaryl/α,β-unsaturated/α-hetero) is 1. The Bertz CT molecular complexity index is 597. The van der Waals surface area contributed by atoms with E-state index in [0.29, 0.717) is 11.3 Å². The van der Waals surface area contributed by atoms with Gasteiger partial charge in [0.15, 0.2) is 5.76 Å². The van der Waals surface area contributed by atoms with Crippen LogP contribution >= 0.6 is 0 Å². The molecule has 0 atom stereocenters. The van der Waals surface area contributed by atoms with Crippen molar-refractivity contribution >= 4 is 11.8 Å². The van der Waals surface area contributed by atoms with Crippen molar-refractivity contribution in [1.82, 2.24) is 0 Å². The van der Waals surface area contributed by atoms with Crippen LogP contribution in [0.25, 0.3) is 0 Å². The molecule has 0 unspecified atom stereocenters. The van der Waals surface area contributed by atoms with Crippen molar-refractivity contribution in [3.05, 3.63) is 40.2 Å². The van der Waals surface area contributed by atoms with E-state index in [1.165, 1.54) is 0 Å². The molecule has 0 radical (unpaired) electrons. The summed E-state index contributed by atoms with van der Waals surface area (Å²) in [6.07, 6.45) is 1.11. The van der Waals surface area contributed by atoms with Gasteiger partial charge in [0.05, 0.1) is 18.2 Å². The maximum absolute atomic E-state index is 12.2. The first-order chi connectivity index (χ1) is 8.95. The summed E-state index contributed by atoms with van der Waals surface area (Å²) in [4.78, 5) is 23.6. The van der Waals surface area contributed by atoms with Crippen LogP contribution in [0.4, 0.5) is 0 Å². The number of rotatable bonds is 2. The third-order valence-electron chi connectivity index (χ3n) is 3.18. The Morgan fingerprint density at radius 2 is 2.00 bits per heavy atom. The fourth-order valence-electron chi connectivity index (χ4n) is 2.13. The molecule has 1 heterocycles. The van der Waals surface area contributed by atoms with Gasteiger partial charge in [0.25, 0.3) is 0 Å². The number of fused-ring (bicyclic) bond motifs is 1. The molecule has 0 fully saturated rings. The van der Waals surface area contributed by atoms with Crippen LogP contribution in [0.5, 0.6) is 5.75 Å². The summed E-state index contributed by atoms with van der Waals surface area (Å²) in [5.74, 6) is -0.238. The van der Waals surface area contributed by atoms with Crippen LogP contribution in [0.15, 0.2) is 17.9 Å². The normalized spacial score (nSPS) is 15.4. The molecule has 0 amide bonds. The summed E-state index contributed by atoms with van der Waals surface area (Å²) in [7, 11) is 0. The highest BCUT2D eigenvalue weighted by atomic mass is 16.5. The molecule has 1 aliphatic heterocycles. The fraction of sp³-hybridized carbons (Fsp3) is 0.333. The number of benzene rings is 1. The van der Waals surface area contributed by atoms with Crippen LogP contribution in [0.2, 0.25) is 0 Å². The zero-order valence-corrected chi connectivity index (χ0v) is 11.5. The van der Waals surface area contributed by atoms with Gasteiger partial charge in [0.1, 0.15) is 5.75 Å². The minimum atomic E-state index is -0.564. The number of carbonyl (C=O) groups is 2. The maximum Gasteiger partial charge on any atom is 0.334 e. The average Bonchev–Trinajstić information content (AvgIpc) is 2.65. The second-order valence-electron chi connectivity index (χ2n) is 4.53. The topological polar surface area (TPSA) is 52.6 Å². The molecule has 19 heavy (non-hydrogen) atoms. The standard InChI is InChI=1S/C15H16O4/c1-5-18-12(16)7-11-14(17)13-9(3)6-8(2)10(4)15(13)19-11/h6-7H,5H2,1-4H3/b11-7-. The van der Waals surface area contributed by atoms with E-state index in [1.807, 2.05) is 26.8 Å². The number of hydrogen-bond acceptors (Lipinski definition) is 4. The summed E-state index contributed by atoms with van der Waals surface area (Å²) in [5.41, 5.74) is 3.37. The molecule has 0 bridgehead atoms. The molecule has 100 valence electrons. The molecular formula is C15H16O4. The Balaban J connectivity index is 2.45. The summed E-state index contributed by atoms with van der Waals surface area (Å²) >= 11 is 0. The number of esters is 1. The van der Waals surface area contributed by atoms with Crippen molar-refractivity contribution in [2.24, 2.45) is 0 Å². The van der Waals surface area contributed by atoms with Crippen LogP contribution in [0, 0.1) is 20.8 Å². The molecule has 4 nitrogen and oxygen atoms in total. The summed E-state index contributed by atoms with van der Waals surface area (Å²) in [6.45, 7) is 7.69. The number of ketones is 1. The zero-order chi connectivity index (χ0) is 14.2. The van der Waals surface area contributed by atoms with Crippen molar-refractivity contribution < 1.29 is 19.1 Å². The SMILES string of the molecule is CCOC(=O)/C=C1\Oc2c(C)c(C)cc(C)c2C1=O. The molecule has 0 aliphatic carbocycles. The number of ether oxygens (including phenoxy) is 2. The van der Waals surface area contributed by atoms with E-state index in [2.05, 4.69) is 0 Å². The van der Waals surface area contributed by atoms with E-state index in [-0.39, 0.29) is 18.1 Å². The highest BCUT2D eigenvalue weighted by Gasteiger charge is 2.31. The lowest BCUT2D eigenvalue weighted by molar-refractivity contribution is -0.137. The molecule has 0 spiro atoms. The van der Waals surface area contributed by atoms with Gasteiger partial charge in [-0.25, -0.2) is 4.79 Å². The van der Waals surface area contributed by atoms with Gasteiger partial charge in [0, 0.05) is 0 Å². The van der Waals surface area contributed by atoms with Crippen molar-refractivity contribution in [2.75, 3.05) is 6.61 Å². The predicted molar refractivity (Wildman–Crippen MR) is 70.3 cm³/mol. The van der Waals surface area contributed by atoms with Gasteiger partial charge in [-0.3, -0.25) is 4.79 Å². The summed E-state index contributed by atoms with van der Waals surface area (Å²) in [5, 5.41) is 0. The Morgan fingerprint density at radius 1 is 1.32 bits per heavy atom. The third-order valence-corrected chi connectivity index (χ3v) is 3.18. The van der Waals surface area contributed by atoms with Gasteiger partial charge in [-0.1, -0.05) is 6.07 Å². The predicted octanol–water partition coefficient (Wildman–Crippen LogP) is 2.63. The first kappa shape index (κ1) is 13.3. The van der Waals surface area contributed by atoms with Gasteiger partial charge >= 0.3 is 5.97 Å². The molecule has 0 aromatic heterocycles. The van der Waals surface area contributed by atoms with Gasteiger partial charge in [-0.05, 0) is 44.4 Å². The smallest absolute Gasteiger partial charge is 0.334 e. The van der Waals surface area contributed by atoms with E-state index in [4.69, 9.17) is 9.47 Å².